The Morgan fingerprint density at radius 3 is 2.46 bits per heavy atom. The van der Waals surface area contributed by atoms with Crippen molar-refractivity contribution < 1.29 is 0 Å². The topological polar surface area (TPSA) is 17.8 Å². The first kappa shape index (κ1) is 13.3. The molecular weight excluding hydrogens is 292 g/mol. The van der Waals surface area contributed by atoms with Gasteiger partial charge in [-0.15, -0.1) is 0 Å². The largest absolute Gasteiger partial charge is 0.335 e. The van der Waals surface area contributed by atoms with Crippen molar-refractivity contribution in [3.05, 3.63) is 90.6 Å². The average molecular weight is 308 g/mol. The SMILES string of the molecule is c1ccc(Cn2c3cccnc3c3c4ccccc4ccc32)cc1. The molecule has 2 heterocycles. The van der Waals surface area contributed by atoms with Crippen molar-refractivity contribution in [3.63, 3.8) is 0 Å². The Balaban J connectivity index is 1.90. The van der Waals surface area contributed by atoms with E-state index in [-0.39, 0.29) is 0 Å². The maximum atomic E-state index is 4.70. The molecule has 2 nitrogen and oxygen atoms in total. The van der Waals surface area contributed by atoms with E-state index in [1.807, 2.05) is 12.3 Å². The van der Waals surface area contributed by atoms with Crippen LogP contribution in [-0.4, -0.2) is 9.55 Å². The number of rotatable bonds is 2. The highest BCUT2D eigenvalue weighted by Crippen LogP contribution is 2.33. The summed E-state index contributed by atoms with van der Waals surface area (Å²) in [5, 5.41) is 3.78. The smallest absolute Gasteiger partial charge is 0.0966 e. The first-order chi connectivity index (χ1) is 11.9. The van der Waals surface area contributed by atoms with Gasteiger partial charge in [-0.3, -0.25) is 4.98 Å². The Kier molecular flexibility index (Phi) is 2.89. The van der Waals surface area contributed by atoms with Gasteiger partial charge in [0, 0.05) is 18.1 Å². The highest BCUT2D eigenvalue weighted by molar-refractivity contribution is 6.19. The van der Waals surface area contributed by atoms with Crippen LogP contribution in [0, 0.1) is 0 Å². The first-order valence-electron chi connectivity index (χ1n) is 8.20. The molecule has 5 aromatic rings. The second-order valence-corrected chi connectivity index (χ2v) is 6.12. The van der Waals surface area contributed by atoms with Crippen LogP contribution in [0.25, 0.3) is 32.7 Å². The molecule has 0 aliphatic carbocycles. The Labute approximate surface area is 140 Å². The highest BCUT2D eigenvalue weighted by atomic mass is 15.0. The zero-order chi connectivity index (χ0) is 15.9. The predicted octanol–water partition coefficient (Wildman–Crippen LogP) is 5.39. The molecule has 3 aromatic carbocycles. The predicted molar refractivity (Wildman–Crippen MR) is 100 cm³/mol. The van der Waals surface area contributed by atoms with E-state index < -0.39 is 0 Å². The lowest BCUT2D eigenvalue weighted by Crippen LogP contribution is -1.99. The van der Waals surface area contributed by atoms with Crippen LogP contribution in [0.15, 0.2) is 85.1 Å². The van der Waals surface area contributed by atoms with Gasteiger partial charge in [0.25, 0.3) is 0 Å². The molecule has 0 aliphatic heterocycles. The lowest BCUT2D eigenvalue weighted by molar-refractivity contribution is 0.868. The van der Waals surface area contributed by atoms with E-state index in [1.165, 1.54) is 32.8 Å². The molecule has 0 amide bonds. The minimum atomic E-state index is 0.852. The number of hydrogen-bond donors (Lipinski definition) is 0. The van der Waals surface area contributed by atoms with Crippen molar-refractivity contribution in [2.75, 3.05) is 0 Å². The van der Waals surface area contributed by atoms with Gasteiger partial charge in [-0.2, -0.15) is 0 Å². The lowest BCUT2D eigenvalue weighted by Gasteiger charge is -2.08. The van der Waals surface area contributed by atoms with Gasteiger partial charge < -0.3 is 4.57 Å². The highest BCUT2D eigenvalue weighted by Gasteiger charge is 2.14. The van der Waals surface area contributed by atoms with Crippen LogP contribution in [0.1, 0.15) is 5.56 Å². The van der Waals surface area contributed by atoms with Crippen LogP contribution in [0.2, 0.25) is 0 Å². The monoisotopic (exact) mass is 308 g/mol. The van der Waals surface area contributed by atoms with Gasteiger partial charge in [0.1, 0.15) is 0 Å². The van der Waals surface area contributed by atoms with Gasteiger partial charge in [0.05, 0.1) is 16.6 Å². The summed E-state index contributed by atoms with van der Waals surface area (Å²) in [5.41, 5.74) is 4.81. The quantitative estimate of drug-likeness (QED) is 0.427. The Hall–Kier alpha value is -3.13. The van der Waals surface area contributed by atoms with E-state index in [9.17, 15) is 0 Å². The first-order valence-corrected chi connectivity index (χ1v) is 8.20. The fourth-order valence-corrected chi connectivity index (χ4v) is 3.61. The summed E-state index contributed by atoms with van der Waals surface area (Å²) in [6, 6.07) is 27.8. The van der Waals surface area contributed by atoms with Gasteiger partial charge in [-0.25, -0.2) is 0 Å². The van der Waals surface area contributed by atoms with Crippen LogP contribution in [0.5, 0.6) is 0 Å². The zero-order valence-electron chi connectivity index (χ0n) is 13.2. The van der Waals surface area contributed by atoms with Crippen LogP contribution in [0.3, 0.4) is 0 Å². The Morgan fingerprint density at radius 2 is 1.54 bits per heavy atom. The third kappa shape index (κ3) is 1.93. The van der Waals surface area contributed by atoms with Gasteiger partial charge in [-0.1, -0.05) is 60.7 Å². The Morgan fingerprint density at radius 1 is 0.708 bits per heavy atom. The van der Waals surface area contributed by atoms with Crippen molar-refractivity contribution in [1.29, 1.82) is 0 Å². The van der Waals surface area contributed by atoms with E-state index in [4.69, 9.17) is 4.98 Å². The number of hydrogen-bond acceptors (Lipinski definition) is 1. The van der Waals surface area contributed by atoms with Crippen molar-refractivity contribution in [2.45, 2.75) is 6.54 Å². The van der Waals surface area contributed by atoms with Gasteiger partial charge in [0.2, 0.25) is 0 Å². The standard InChI is InChI=1S/C22H16N2/c1-2-7-16(8-3-1)15-24-19-13-12-17-9-4-5-10-18(17)21(19)22-20(24)11-6-14-23-22/h1-14H,15H2. The minimum absolute atomic E-state index is 0.852. The van der Waals surface area contributed by atoms with Gasteiger partial charge in [-0.05, 0) is 34.5 Å². The van der Waals surface area contributed by atoms with Crippen LogP contribution in [0.4, 0.5) is 0 Å². The summed E-state index contributed by atoms with van der Waals surface area (Å²) in [6.07, 6.45) is 1.89. The molecule has 5 rings (SSSR count). The molecule has 0 bridgehead atoms. The summed E-state index contributed by atoms with van der Waals surface area (Å²) >= 11 is 0. The van der Waals surface area contributed by atoms with Crippen LogP contribution < -0.4 is 0 Å². The molecule has 24 heavy (non-hydrogen) atoms. The number of benzene rings is 3. The van der Waals surface area contributed by atoms with Crippen LogP contribution >= 0.6 is 0 Å². The Bertz CT molecular complexity index is 1170. The number of nitrogens with zero attached hydrogens (tertiary/aromatic N) is 2. The fourth-order valence-electron chi connectivity index (χ4n) is 3.61. The zero-order valence-corrected chi connectivity index (χ0v) is 13.2. The third-order valence-corrected chi connectivity index (χ3v) is 4.70. The van der Waals surface area contributed by atoms with E-state index >= 15 is 0 Å². The molecule has 0 radical (unpaired) electrons. The van der Waals surface area contributed by atoms with Crippen molar-refractivity contribution in [3.8, 4) is 0 Å². The van der Waals surface area contributed by atoms with E-state index in [0.29, 0.717) is 0 Å². The van der Waals surface area contributed by atoms with E-state index in [2.05, 4.69) is 77.4 Å². The van der Waals surface area contributed by atoms with Crippen molar-refractivity contribution in [2.24, 2.45) is 0 Å². The fraction of sp³-hybridized carbons (Fsp3) is 0.0455. The molecule has 0 unspecified atom stereocenters. The normalized spacial score (nSPS) is 11.5. The minimum Gasteiger partial charge on any atom is -0.335 e. The van der Waals surface area contributed by atoms with Crippen molar-refractivity contribution >= 4 is 32.7 Å². The van der Waals surface area contributed by atoms with Crippen molar-refractivity contribution in [1.82, 2.24) is 9.55 Å². The summed E-state index contributed by atoms with van der Waals surface area (Å²) < 4.78 is 2.37. The van der Waals surface area contributed by atoms with Crippen LogP contribution in [-0.2, 0) is 6.54 Å². The molecule has 0 fully saturated rings. The molecule has 114 valence electrons. The molecule has 0 aliphatic rings. The lowest BCUT2D eigenvalue weighted by atomic mass is 10.1. The number of aromatic nitrogens is 2. The maximum Gasteiger partial charge on any atom is 0.0966 e. The maximum absolute atomic E-state index is 4.70. The summed E-state index contributed by atoms with van der Waals surface area (Å²) in [6.45, 7) is 0.852. The molecule has 0 spiro atoms. The number of pyridine rings is 1. The summed E-state index contributed by atoms with van der Waals surface area (Å²) in [4.78, 5) is 4.70. The summed E-state index contributed by atoms with van der Waals surface area (Å²) in [7, 11) is 0. The second kappa shape index (κ2) is 5.20. The van der Waals surface area contributed by atoms with Gasteiger partial charge in [0.15, 0.2) is 0 Å². The average Bonchev–Trinajstić information content (AvgIpc) is 2.97. The number of fused-ring (bicyclic) bond motifs is 5. The molecule has 2 heteroatoms. The molecular formula is C22H16N2. The third-order valence-electron chi connectivity index (χ3n) is 4.70. The molecule has 0 atom stereocenters. The van der Waals surface area contributed by atoms with E-state index in [1.54, 1.807) is 0 Å². The molecule has 0 saturated heterocycles. The summed E-state index contributed by atoms with van der Waals surface area (Å²) in [5.74, 6) is 0. The molecule has 2 aromatic heterocycles. The van der Waals surface area contributed by atoms with E-state index in [0.717, 1.165) is 12.1 Å². The van der Waals surface area contributed by atoms with Gasteiger partial charge >= 0.3 is 0 Å². The molecule has 0 N–H and O–H groups in total. The second-order valence-electron chi connectivity index (χ2n) is 6.12. The molecule has 0 saturated carbocycles.